The van der Waals surface area contributed by atoms with Crippen LogP contribution < -0.4 is 0 Å². The molecule has 5 aliphatic carbocycles. The number of hydrogen-bond acceptors (Lipinski definition) is 4. The van der Waals surface area contributed by atoms with Crippen LogP contribution in [0.25, 0.3) is 6.08 Å². The number of carbonyl (C=O) groups excluding carboxylic acids is 1. The minimum absolute atomic E-state index is 0.0619. The number of hydrogen-bond donors (Lipinski definition) is 2. The van der Waals surface area contributed by atoms with Crippen LogP contribution in [0.1, 0.15) is 112 Å². The summed E-state index contributed by atoms with van der Waals surface area (Å²) in [6, 6.07) is 9.96. The lowest BCUT2D eigenvalue weighted by Gasteiger charge is -2.71. The van der Waals surface area contributed by atoms with Crippen LogP contribution in [0.4, 0.5) is 0 Å². The van der Waals surface area contributed by atoms with Gasteiger partial charge in [0.05, 0.1) is 12.7 Å². The molecule has 4 saturated carbocycles. The lowest BCUT2D eigenvalue weighted by atomic mass is 9.33. The third-order valence-electron chi connectivity index (χ3n) is 14.7. The topological polar surface area (TPSA) is 66.8 Å². The number of aliphatic hydroxyl groups excluding tert-OH is 2. The molecule has 0 aromatic heterocycles. The predicted octanol–water partition coefficient (Wildman–Crippen LogP) is 8.38. The van der Waals surface area contributed by atoms with Crippen LogP contribution in [0, 0.1) is 50.2 Å². The number of allylic oxidation sites excluding steroid dienone is 2. The van der Waals surface area contributed by atoms with E-state index < -0.39 is 11.5 Å². The highest BCUT2D eigenvalue weighted by molar-refractivity contribution is 5.87. The van der Waals surface area contributed by atoms with Crippen LogP contribution in [-0.4, -0.2) is 35.0 Å². The smallest absolute Gasteiger partial charge is 0.331 e. The first-order chi connectivity index (χ1) is 20.1. The summed E-state index contributed by atoms with van der Waals surface area (Å²) in [5.74, 6) is 1.02. The van der Waals surface area contributed by atoms with Gasteiger partial charge in [-0.15, -0.1) is 0 Å². The first-order valence-electron chi connectivity index (χ1n) is 17.1. The molecule has 1 aromatic rings. The molecule has 4 nitrogen and oxygen atoms in total. The fourth-order valence-corrected chi connectivity index (χ4v) is 11.8. The molecule has 1 aromatic carbocycles. The molecule has 236 valence electrons. The standard InChI is InChI=1S/C39H56O4/c1-34(2)23-28-27-14-15-30-36(4)19-18-31(41)37(5,25-40)29(36)17-20-39(30,7)38(27,6)22-21-35(28,3)32(24-34)43-33(42)16-13-26-11-9-8-10-12-26/h8-14,16,28-32,40-41H,15,17-25H2,1-7H3/b16-13+/t28-,29+,30+,31-,32?,35+,36-,37+,38+,39+/m0/s1. The molecule has 5 aliphatic rings. The van der Waals surface area contributed by atoms with E-state index in [-0.39, 0.29) is 45.8 Å². The third-order valence-corrected chi connectivity index (χ3v) is 14.7. The van der Waals surface area contributed by atoms with Gasteiger partial charge < -0.3 is 14.9 Å². The molecule has 4 fully saturated rings. The van der Waals surface area contributed by atoms with Crippen molar-refractivity contribution < 1.29 is 19.7 Å². The number of aliphatic hydroxyl groups is 2. The normalized spacial score (nSPS) is 47.0. The molecular weight excluding hydrogens is 532 g/mol. The average Bonchev–Trinajstić information content (AvgIpc) is 2.96. The largest absolute Gasteiger partial charge is 0.459 e. The maximum atomic E-state index is 13.2. The van der Waals surface area contributed by atoms with Gasteiger partial charge in [0.1, 0.15) is 6.10 Å². The zero-order valence-corrected chi connectivity index (χ0v) is 27.8. The fraction of sp³-hybridized carbons (Fsp3) is 0.718. The molecule has 1 unspecified atom stereocenters. The number of ether oxygens (including phenoxy) is 1. The van der Waals surface area contributed by atoms with Gasteiger partial charge in [-0.3, -0.25) is 0 Å². The second-order valence-corrected chi connectivity index (χ2v) is 17.3. The summed E-state index contributed by atoms with van der Waals surface area (Å²) in [6.45, 7) is 17.0. The van der Waals surface area contributed by atoms with Gasteiger partial charge in [-0.25, -0.2) is 4.79 Å². The van der Waals surface area contributed by atoms with E-state index >= 15 is 0 Å². The summed E-state index contributed by atoms with van der Waals surface area (Å²) < 4.78 is 6.40. The Morgan fingerprint density at radius 2 is 1.63 bits per heavy atom. The Morgan fingerprint density at radius 3 is 2.33 bits per heavy atom. The van der Waals surface area contributed by atoms with Crippen LogP contribution in [-0.2, 0) is 9.53 Å². The minimum atomic E-state index is -0.427. The van der Waals surface area contributed by atoms with Crippen molar-refractivity contribution in [1.29, 1.82) is 0 Å². The Kier molecular flexibility index (Phi) is 7.45. The van der Waals surface area contributed by atoms with Gasteiger partial charge in [0.25, 0.3) is 0 Å². The Balaban J connectivity index is 1.32. The maximum absolute atomic E-state index is 13.2. The van der Waals surface area contributed by atoms with E-state index in [4.69, 9.17) is 4.74 Å². The SMILES string of the molecule is CC1(C)CC(OC(=O)/C=C/c2ccccc2)[C@]2(C)CC[C@]3(C)C(=CC[C@@H]4[C@@]5(C)CC[C@H](O)[C@](C)(CO)[C@@H]5CC[C@]43C)[C@@H]2C1. The highest BCUT2D eigenvalue weighted by Crippen LogP contribution is 2.75. The first kappa shape index (κ1) is 31.1. The molecule has 0 radical (unpaired) electrons. The van der Waals surface area contributed by atoms with E-state index in [1.165, 1.54) is 0 Å². The second-order valence-electron chi connectivity index (χ2n) is 17.3. The number of fused-ring (bicyclic) bond motifs is 7. The van der Waals surface area contributed by atoms with Gasteiger partial charge in [-0.2, -0.15) is 0 Å². The molecule has 6 rings (SSSR count). The molecule has 0 spiro atoms. The average molecular weight is 589 g/mol. The molecule has 0 saturated heterocycles. The summed E-state index contributed by atoms with van der Waals surface area (Å²) in [6.07, 6.45) is 14.9. The predicted molar refractivity (Wildman–Crippen MR) is 173 cm³/mol. The van der Waals surface area contributed by atoms with Gasteiger partial charge in [-0.1, -0.05) is 90.4 Å². The zero-order chi connectivity index (χ0) is 31.1. The Morgan fingerprint density at radius 1 is 0.907 bits per heavy atom. The van der Waals surface area contributed by atoms with Crippen LogP contribution >= 0.6 is 0 Å². The van der Waals surface area contributed by atoms with E-state index in [2.05, 4.69) is 54.5 Å². The van der Waals surface area contributed by atoms with Crippen molar-refractivity contribution in [2.75, 3.05) is 6.61 Å². The molecule has 2 N–H and O–H groups in total. The lowest BCUT2D eigenvalue weighted by Crippen LogP contribution is -2.66. The monoisotopic (exact) mass is 588 g/mol. The van der Waals surface area contributed by atoms with Gasteiger partial charge in [0.15, 0.2) is 0 Å². The van der Waals surface area contributed by atoms with Crippen LogP contribution in [0.3, 0.4) is 0 Å². The summed E-state index contributed by atoms with van der Waals surface area (Å²) in [5, 5.41) is 21.6. The maximum Gasteiger partial charge on any atom is 0.331 e. The molecule has 0 amide bonds. The molecule has 4 heteroatoms. The van der Waals surface area contributed by atoms with Crippen LogP contribution in [0.2, 0.25) is 0 Å². The van der Waals surface area contributed by atoms with Crippen molar-refractivity contribution in [2.24, 2.45) is 50.2 Å². The van der Waals surface area contributed by atoms with Crippen molar-refractivity contribution >= 4 is 12.0 Å². The zero-order valence-electron chi connectivity index (χ0n) is 27.8. The van der Waals surface area contributed by atoms with Crippen molar-refractivity contribution in [3.8, 4) is 0 Å². The summed E-state index contributed by atoms with van der Waals surface area (Å²) in [5.41, 5.74) is 2.58. The summed E-state index contributed by atoms with van der Waals surface area (Å²) >= 11 is 0. The molecule has 43 heavy (non-hydrogen) atoms. The Bertz CT molecular complexity index is 1300. The van der Waals surface area contributed by atoms with Crippen molar-refractivity contribution in [1.82, 2.24) is 0 Å². The first-order valence-corrected chi connectivity index (χ1v) is 17.1. The Labute approximate surface area is 260 Å². The molecule has 0 aliphatic heterocycles. The quantitative estimate of drug-likeness (QED) is 0.211. The van der Waals surface area contributed by atoms with E-state index in [0.29, 0.717) is 17.8 Å². The van der Waals surface area contributed by atoms with Gasteiger partial charge in [-0.05, 0) is 109 Å². The van der Waals surface area contributed by atoms with Crippen molar-refractivity contribution in [3.05, 3.63) is 53.6 Å². The second kappa shape index (κ2) is 10.3. The van der Waals surface area contributed by atoms with Gasteiger partial charge in [0, 0.05) is 16.9 Å². The van der Waals surface area contributed by atoms with Gasteiger partial charge in [0.2, 0.25) is 0 Å². The highest BCUT2D eigenvalue weighted by atomic mass is 16.5. The summed E-state index contributed by atoms with van der Waals surface area (Å²) in [4.78, 5) is 13.2. The van der Waals surface area contributed by atoms with E-state index in [1.54, 1.807) is 11.6 Å². The van der Waals surface area contributed by atoms with Gasteiger partial charge >= 0.3 is 5.97 Å². The Hall–Kier alpha value is -1.91. The van der Waals surface area contributed by atoms with Crippen molar-refractivity contribution in [3.63, 3.8) is 0 Å². The lowest BCUT2D eigenvalue weighted by molar-refractivity contribution is -0.219. The molecular formula is C39H56O4. The third kappa shape index (κ3) is 4.55. The van der Waals surface area contributed by atoms with E-state index in [1.807, 2.05) is 36.4 Å². The van der Waals surface area contributed by atoms with Crippen LogP contribution in [0.15, 0.2) is 48.1 Å². The summed E-state index contributed by atoms with van der Waals surface area (Å²) in [7, 11) is 0. The van der Waals surface area contributed by atoms with E-state index in [9.17, 15) is 15.0 Å². The molecule has 0 heterocycles. The molecule has 10 atom stereocenters. The molecule has 0 bridgehead atoms. The van der Waals surface area contributed by atoms with Crippen molar-refractivity contribution in [2.45, 2.75) is 118 Å². The number of carbonyl (C=O) groups is 1. The number of rotatable bonds is 4. The fourth-order valence-electron chi connectivity index (χ4n) is 11.8. The minimum Gasteiger partial charge on any atom is -0.459 e. The number of benzene rings is 1. The van der Waals surface area contributed by atoms with Crippen LogP contribution in [0.5, 0.6) is 0 Å². The highest BCUT2D eigenvalue weighted by Gasteiger charge is 2.69. The van der Waals surface area contributed by atoms with E-state index in [0.717, 1.165) is 63.4 Å². The number of esters is 1.